The monoisotopic (exact) mass is 462 g/mol. The molecule has 4 rings (SSSR count). The minimum Gasteiger partial charge on any atom is -0.355 e. The molecule has 1 amide bonds. The molecule has 164 valence electrons. The third-order valence-corrected chi connectivity index (χ3v) is 6.91. The van der Waals surface area contributed by atoms with Crippen LogP contribution in [0.5, 0.6) is 0 Å². The van der Waals surface area contributed by atoms with Crippen LogP contribution in [0.2, 0.25) is 10.0 Å². The fraction of sp³-hybridized carbons (Fsp3) is 0.409. The van der Waals surface area contributed by atoms with E-state index in [1.54, 1.807) is 29.8 Å². The first kappa shape index (κ1) is 21.7. The minimum atomic E-state index is -0.507. The van der Waals surface area contributed by atoms with E-state index in [2.05, 4.69) is 10.5 Å². The van der Waals surface area contributed by atoms with Gasteiger partial charge in [0.25, 0.3) is 11.5 Å². The summed E-state index contributed by atoms with van der Waals surface area (Å²) in [5, 5.41) is 7.39. The van der Waals surface area contributed by atoms with Gasteiger partial charge in [0.2, 0.25) is 0 Å². The number of aromatic nitrogens is 3. The van der Waals surface area contributed by atoms with Crippen molar-refractivity contribution >= 4 is 34.8 Å². The van der Waals surface area contributed by atoms with Crippen LogP contribution in [0.1, 0.15) is 59.9 Å². The van der Waals surface area contributed by atoms with E-state index in [0.717, 1.165) is 25.7 Å². The Labute approximate surface area is 189 Å². The van der Waals surface area contributed by atoms with Gasteiger partial charge in [-0.25, -0.2) is 4.68 Å². The van der Waals surface area contributed by atoms with E-state index in [1.165, 1.54) is 6.42 Å². The summed E-state index contributed by atoms with van der Waals surface area (Å²) in [6.45, 7) is 3.54. The van der Waals surface area contributed by atoms with Crippen LogP contribution in [0, 0.1) is 13.8 Å². The van der Waals surface area contributed by atoms with E-state index in [0.29, 0.717) is 32.6 Å². The molecule has 7 nitrogen and oxygen atoms in total. The van der Waals surface area contributed by atoms with Gasteiger partial charge in [0.15, 0.2) is 11.5 Å². The van der Waals surface area contributed by atoms with E-state index in [-0.39, 0.29) is 23.0 Å². The quantitative estimate of drug-likeness (QED) is 0.552. The van der Waals surface area contributed by atoms with Crippen molar-refractivity contribution in [1.29, 1.82) is 0 Å². The van der Waals surface area contributed by atoms with Crippen LogP contribution in [-0.2, 0) is 7.05 Å². The molecule has 31 heavy (non-hydrogen) atoms. The van der Waals surface area contributed by atoms with Crippen molar-refractivity contribution in [3.63, 3.8) is 0 Å². The molecule has 2 heterocycles. The summed E-state index contributed by atoms with van der Waals surface area (Å²) in [6, 6.07) is 5.31. The van der Waals surface area contributed by atoms with Crippen LogP contribution >= 0.6 is 23.2 Å². The zero-order chi connectivity index (χ0) is 22.3. The number of carbonyl (C=O) groups excluding carboxylic acids is 1. The van der Waals surface area contributed by atoms with Crippen LogP contribution in [0.4, 0.5) is 5.69 Å². The van der Waals surface area contributed by atoms with Crippen molar-refractivity contribution in [1.82, 2.24) is 14.5 Å². The smallest absolute Gasteiger partial charge is 0.291 e. The van der Waals surface area contributed by atoms with Crippen LogP contribution in [0.25, 0.3) is 11.3 Å². The number of benzene rings is 1. The maximum atomic E-state index is 13.1. The maximum absolute atomic E-state index is 13.1. The number of nitrogens with zero attached hydrogens (tertiary/aromatic N) is 3. The lowest BCUT2D eigenvalue weighted by Crippen LogP contribution is -2.29. The summed E-state index contributed by atoms with van der Waals surface area (Å²) in [5.74, 6) is -0.144. The Balaban J connectivity index is 1.65. The van der Waals surface area contributed by atoms with Gasteiger partial charge in [-0.15, -0.1) is 0 Å². The van der Waals surface area contributed by atoms with Crippen molar-refractivity contribution in [2.75, 3.05) is 5.32 Å². The van der Waals surface area contributed by atoms with Crippen molar-refractivity contribution < 1.29 is 9.32 Å². The normalized spacial score (nSPS) is 14.7. The molecule has 0 spiro atoms. The molecule has 1 fully saturated rings. The van der Waals surface area contributed by atoms with E-state index in [1.807, 2.05) is 18.7 Å². The zero-order valence-electron chi connectivity index (χ0n) is 17.7. The van der Waals surface area contributed by atoms with Gasteiger partial charge in [-0.05, 0) is 38.8 Å². The Morgan fingerprint density at radius 1 is 1.19 bits per heavy atom. The topological polar surface area (TPSA) is 82.1 Å². The van der Waals surface area contributed by atoms with Gasteiger partial charge in [0.05, 0.1) is 21.8 Å². The van der Waals surface area contributed by atoms with Gasteiger partial charge in [-0.3, -0.25) is 14.3 Å². The van der Waals surface area contributed by atoms with Crippen LogP contribution in [0.15, 0.2) is 27.5 Å². The van der Waals surface area contributed by atoms with Gasteiger partial charge in [-0.2, -0.15) is 0 Å². The summed E-state index contributed by atoms with van der Waals surface area (Å²) in [5.41, 5.74) is 1.93. The first-order chi connectivity index (χ1) is 14.8. The highest BCUT2D eigenvalue weighted by Gasteiger charge is 2.27. The summed E-state index contributed by atoms with van der Waals surface area (Å²) in [6.07, 6.45) is 5.35. The number of amides is 1. The molecular formula is C22H24Cl2N4O3. The fourth-order valence-corrected chi connectivity index (χ4v) is 4.65. The third-order valence-electron chi connectivity index (χ3n) is 6.09. The Bertz CT molecular complexity index is 1200. The molecule has 9 heteroatoms. The standard InChI is InChI=1S/C22H24Cl2N4O3/c1-12-18(26-31-20(12)15-10-7-11-16(23)17(15)24)21(29)25-19-13(2)27(3)28(22(19)30)14-8-5-4-6-9-14/h7,10-11,14H,4-6,8-9H2,1-3H3,(H,25,29). The fourth-order valence-electron chi connectivity index (χ4n) is 4.26. The number of hydrogen-bond donors (Lipinski definition) is 1. The number of anilines is 1. The largest absolute Gasteiger partial charge is 0.355 e. The Kier molecular flexibility index (Phi) is 5.99. The lowest BCUT2D eigenvalue weighted by Gasteiger charge is -2.24. The van der Waals surface area contributed by atoms with Crippen LogP contribution in [0.3, 0.4) is 0 Å². The van der Waals surface area contributed by atoms with E-state index in [9.17, 15) is 9.59 Å². The molecule has 0 bridgehead atoms. The summed E-state index contributed by atoms with van der Waals surface area (Å²) in [7, 11) is 1.85. The molecule has 3 aromatic rings. The van der Waals surface area contributed by atoms with Crippen molar-refractivity contribution in [3.05, 3.63) is 55.5 Å². The number of rotatable bonds is 4. The second-order valence-electron chi connectivity index (χ2n) is 7.97. The Morgan fingerprint density at radius 2 is 1.90 bits per heavy atom. The molecule has 0 atom stereocenters. The molecular weight excluding hydrogens is 439 g/mol. The third kappa shape index (κ3) is 3.81. The Hall–Kier alpha value is -2.51. The first-order valence-corrected chi connectivity index (χ1v) is 11.1. The summed E-state index contributed by atoms with van der Waals surface area (Å²) in [4.78, 5) is 26.1. The van der Waals surface area contributed by atoms with Gasteiger partial charge < -0.3 is 9.84 Å². The molecule has 2 aromatic heterocycles. The lowest BCUT2D eigenvalue weighted by atomic mass is 9.96. The molecule has 1 aliphatic carbocycles. The molecule has 1 saturated carbocycles. The average Bonchev–Trinajstić information content (AvgIpc) is 3.23. The summed E-state index contributed by atoms with van der Waals surface area (Å²) < 4.78 is 9.01. The molecule has 0 unspecified atom stereocenters. The van der Waals surface area contributed by atoms with E-state index < -0.39 is 5.91 Å². The van der Waals surface area contributed by atoms with Crippen molar-refractivity contribution in [2.45, 2.75) is 52.0 Å². The predicted molar refractivity (Wildman–Crippen MR) is 121 cm³/mol. The average molecular weight is 463 g/mol. The van der Waals surface area contributed by atoms with Crippen LogP contribution < -0.4 is 10.9 Å². The molecule has 1 aromatic carbocycles. The maximum Gasteiger partial charge on any atom is 0.291 e. The lowest BCUT2D eigenvalue weighted by molar-refractivity contribution is 0.101. The molecule has 0 aliphatic heterocycles. The minimum absolute atomic E-state index is 0.0953. The number of carbonyl (C=O) groups is 1. The highest BCUT2D eigenvalue weighted by Crippen LogP contribution is 2.36. The summed E-state index contributed by atoms with van der Waals surface area (Å²) >= 11 is 12.4. The molecule has 0 saturated heterocycles. The van der Waals surface area contributed by atoms with Crippen LogP contribution in [-0.4, -0.2) is 20.4 Å². The van der Waals surface area contributed by atoms with E-state index >= 15 is 0 Å². The molecule has 0 radical (unpaired) electrons. The number of hydrogen-bond acceptors (Lipinski definition) is 4. The van der Waals surface area contributed by atoms with Gasteiger partial charge in [-0.1, -0.05) is 53.7 Å². The van der Waals surface area contributed by atoms with Gasteiger partial charge >= 0.3 is 0 Å². The zero-order valence-corrected chi connectivity index (χ0v) is 19.2. The number of nitrogens with one attached hydrogen (secondary N) is 1. The highest BCUT2D eigenvalue weighted by molar-refractivity contribution is 6.43. The van der Waals surface area contributed by atoms with Crippen molar-refractivity contribution in [3.8, 4) is 11.3 Å². The molecule has 1 aliphatic rings. The Morgan fingerprint density at radius 3 is 2.61 bits per heavy atom. The predicted octanol–water partition coefficient (Wildman–Crippen LogP) is 5.52. The molecule has 1 N–H and O–H groups in total. The SMILES string of the molecule is Cc1c(C(=O)Nc2c(C)n(C)n(C3CCCCC3)c2=O)noc1-c1cccc(Cl)c1Cl. The number of halogens is 2. The van der Waals surface area contributed by atoms with Gasteiger partial charge in [0.1, 0.15) is 5.69 Å². The first-order valence-electron chi connectivity index (χ1n) is 10.3. The van der Waals surface area contributed by atoms with Gasteiger partial charge in [0, 0.05) is 18.2 Å². The highest BCUT2D eigenvalue weighted by atomic mass is 35.5. The van der Waals surface area contributed by atoms with Crippen molar-refractivity contribution in [2.24, 2.45) is 7.05 Å². The second kappa shape index (κ2) is 8.55. The second-order valence-corrected chi connectivity index (χ2v) is 8.75. The van der Waals surface area contributed by atoms with E-state index in [4.69, 9.17) is 27.7 Å².